The number of hydrogen-bond acceptors (Lipinski definition) is 4. The quantitative estimate of drug-likeness (QED) is 0.480. The second-order valence-electron chi connectivity index (χ2n) is 3.71. The summed E-state index contributed by atoms with van der Waals surface area (Å²) in [5.74, 6) is -1.85. The Kier molecular flexibility index (Phi) is 1.83. The Morgan fingerprint density at radius 2 is 2.20 bits per heavy atom. The molecule has 2 aliphatic rings. The summed E-state index contributed by atoms with van der Waals surface area (Å²) >= 11 is 0. The molecule has 0 aromatic rings. The molecule has 1 atom stereocenters. The molecule has 15 heavy (non-hydrogen) atoms. The van der Waals surface area contributed by atoms with Crippen LogP contribution < -0.4 is 0 Å². The molecule has 1 unspecified atom stereocenters. The van der Waals surface area contributed by atoms with Gasteiger partial charge in [-0.3, -0.25) is 4.79 Å². The number of allylic oxidation sites excluding steroid dienone is 2. The van der Waals surface area contributed by atoms with Crippen molar-refractivity contribution in [2.24, 2.45) is 5.41 Å². The summed E-state index contributed by atoms with van der Waals surface area (Å²) in [5, 5.41) is 9.73. The van der Waals surface area contributed by atoms with Crippen LogP contribution in [0.3, 0.4) is 0 Å². The summed E-state index contributed by atoms with van der Waals surface area (Å²) in [5.41, 5.74) is 0.0767. The van der Waals surface area contributed by atoms with E-state index in [2.05, 4.69) is 11.3 Å². The van der Waals surface area contributed by atoms with Crippen LogP contribution in [-0.2, 0) is 14.3 Å². The van der Waals surface area contributed by atoms with E-state index in [0.717, 1.165) is 11.6 Å². The van der Waals surface area contributed by atoms with E-state index in [0.29, 0.717) is 12.0 Å². The van der Waals surface area contributed by atoms with Gasteiger partial charge in [0.25, 0.3) is 0 Å². The van der Waals surface area contributed by atoms with Gasteiger partial charge in [-0.15, -0.1) is 0 Å². The van der Waals surface area contributed by atoms with Crippen molar-refractivity contribution in [1.82, 2.24) is 0 Å². The third-order valence-corrected chi connectivity index (χ3v) is 2.94. The number of carbonyl (C=O) groups is 2. The Morgan fingerprint density at radius 1 is 1.53 bits per heavy atom. The number of rotatable bonds is 0. The molecule has 1 N–H and O–H groups in total. The summed E-state index contributed by atoms with van der Waals surface area (Å²) in [4.78, 5) is 22.5. The van der Waals surface area contributed by atoms with Gasteiger partial charge in [0.2, 0.25) is 0 Å². The fourth-order valence-electron chi connectivity index (χ4n) is 1.90. The lowest BCUT2D eigenvalue weighted by Gasteiger charge is -2.29. The van der Waals surface area contributed by atoms with E-state index < -0.39 is 17.4 Å². The highest BCUT2D eigenvalue weighted by Gasteiger charge is 2.52. The molecule has 78 valence electrons. The van der Waals surface area contributed by atoms with Gasteiger partial charge in [0, 0.05) is 0 Å². The van der Waals surface area contributed by atoms with Crippen LogP contribution in [0.25, 0.3) is 0 Å². The van der Waals surface area contributed by atoms with Gasteiger partial charge in [-0.05, 0) is 18.9 Å². The Hall–Kier alpha value is -1.84. The molecule has 1 heterocycles. The van der Waals surface area contributed by atoms with Crippen molar-refractivity contribution in [2.45, 2.75) is 13.3 Å². The number of ether oxygens (including phenoxy) is 1. The molecule has 0 saturated carbocycles. The molecule has 0 aromatic heterocycles. The van der Waals surface area contributed by atoms with Gasteiger partial charge in [-0.1, -0.05) is 18.2 Å². The molecule has 1 aliphatic carbocycles. The van der Waals surface area contributed by atoms with E-state index in [1.54, 1.807) is 13.0 Å². The predicted octanol–water partition coefficient (Wildman–Crippen LogP) is 1.40. The van der Waals surface area contributed by atoms with Gasteiger partial charge >= 0.3 is 11.9 Å². The molecule has 0 fully saturated rings. The molecular weight excluding hydrogens is 196 g/mol. The summed E-state index contributed by atoms with van der Waals surface area (Å²) in [6.07, 6.45) is 3.02. The Morgan fingerprint density at radius 3 is 2.67 bits per heavy atom. The molecule has 0 amide bonds. The first-order chi connectivity index (χ1) is 6.98. The second kappa shape index (κ2) is 2.82. The van der Waals surface area contributed by atoms with E-state index in [4.69, 9.17) is 0 Å². The van der Waals surface area contributed by atoms with E-state index in [9.17, 15) is 14.7 Å². The van der Waals surface area contributed by atoms with Crippen LogP contribution in [0, 0.1) is 5.41 Å². The van der Waals surface area contributed by atoms with Crippen LogP contribution in [0.1, 0.15) is 13.3 Å². The van der Waals surface area contributed by atoms with Crippen LogP contribution >= 0.6 is 0 Å². The average Bonchev–Trinajstić information content (AvgIpc) is 2.43. The lowest BCUT2D eigenvalue weighted by molar-refractivity contribution is -0.164. The van der Waals surface area contributed by atoms with Crippen molar-refractivity contribution >= 4 is 11.9 Å². The van der Waals surface area contributed by atoms with Crippen LogP contribution in [0.4, 0.5) is 0 Å². The monoisotopic (exact) mass is 206 g/mol. The molecular formula is C11H10O4. The highest BCUT2D eigenvalue weighted by Crippen LogP contribution is 2.48. The normalized spacial score (nSPS) is 30.3. The molecule has 0 radical (unpaired) electrons. The summed E-state index contributed by atoms with van der Waals surface area (Å²) in [6.45, 7) is 5.56. The lowest BCUT2D eigenvalue weighted by atomic mass is 9.77. The maximum Gasteiger partial charge on any atom is 0.341 e. The first-order valence-corrected chi connectivity index (χ1v) is 4.52. The molecule has 2 rings (SSSR count). The largest absolute Gasteiger partial charge is 0.510 e. The van der Waals surface area contributed by atoms with Crippen LogP contribution in [0.15, 0.2) is 35.6 Å². The standard InChI is InChI=1S/C11H10O4/c1-6-3-4-11(7(6)2)8(12)5-9(13)15-10(11)14/h3,5,12H,2,4H2,1H3. The second-order valence-corrected chi connectivity index (χ2v) is 3.71. The Balaban J connectivity index is 2.54. The first kappa shape index (κ1) is 9.71. The third-order valence-electron chi connectivity index (χ3n) is 2.94. The zero-order valence-corrected chi connectivity index (χ0v) is 8.24. The summed E-state index contributed by atoms with van der Waals surface area (Å²) in [7, 11) is 0. The summed E-state index contributed by atoms with van der Waals surface area (Å²) < 4.78 is 4.50. The van der Waals surface area contributed by atoms with Crippen LogP contribution in [-0.4, -0.2) is 17.0 Å². The van der Waals surface area contributed by atoms with Crippen molar-refractivity contribution < 1.29 is 19.4 Å². The van der Waals surface area contributed by atoms with Crippen molar-refractivity contribution in [1.29, 1.82) is 0 Å². The smallest absolute Gasteiger partial charge is 0.341 e. The number of carbonyl (C=O) groups excluding carboxylic acids is 2. The number of aliphatic hydroxyl groups is 1. The minimum absolute atomic E-state index is 0.276. The lowest BCUT2D eigenvalue weighted by Crippen LogP contribution is -2.39. The zero-order chi connectivity index (χ0) is 11.2. The van der Waals surface area contributed by atoms with Gasteiger partial charge in [0.15, 0.2) is 5.41 Å². The van der Waals surface area contributed by atoms with Crippen LogP contribution in [0.5, 0.6) is 0 Å². The number of aliphatic hydroxyl groups excluding tert-OH is 1. The van der Waals surface area contributed by atoms with Gasteiger partial charge in [0.1, 0.15) is 5.76 Å². The van der Waals surface area contributed by atoms with E-state index >= 15 is 0 Å². The maximum atomic E-state index is 11.7. The molecule has 0 bridgehead atoms. The number of esters is 2. The fourth-order valence-corrected chi connectivity index (χ4v) is 1.90. The Bertz CT molecular complexity index is 442. The van der Waals surface area contributed by atoms with E-state index in [1.807, 2.05) is 0 Å². The number of hydrogen-bond donors (Lipinski definition) is 1. The van der Waals surface area contributed by atoms with E-state index in [1.165, 1.54) is 0 Å². The van der Waals surface area contributed by atoms with Gasteiger partial charge in [-0.2, -0.15) is 0 Å². The summed E-state index contributed by atoms with van der Waals surface area (Å²) in [6, 6.07) is 0. The molecule has 0 aromatic carbocycles. The van der Waals surface area contributed by atoms with Gasteiger partial charge in [0.05, 0.1) is 6.08 Å². The number of cyclic esters (lactones) is 2. The minimum Gasteiger partial charge on any atom is -0.510 e. The SMILES string of the molecule is C=C1C(C)=CCC12C(=O)OC(=O)C=C2O. The van der Waals surface area contributed by atoms with Crippen molar-refractivity contribution in [2.75, 3.05) is 0 Å². The molecule has 1 spiro atoms. The molecule has 4 heteroatoms. The van der Waals surface area contributed by atoms with Crippen molar-refractivity contribution in [3.8, 4) is 0 Å². The highest BCUT2D eigenvalue weighted by molar-refractivity contribution is 6.02. The van der Waals surface area contributed by atoms with Crippen molar-refractivity contribution in [3.63, 3.8) is 0 Å². The van der Waals surface area contributed by atoms with Crippen molar-refractivity contribution in [3.05, 3.63) is 35.6 Å². The third kappa shape index (κ3) is 1.08. The minimum atomic E-state index is -1.25. The van der Waals surface area contributed by atoms with E-state index in [-0.39, 0.29) is 5.76 Å². The molecule has 4 nitrogen and oxygen atoms in total. The molecule has 0 saturated heterocycles. The van der Waals surface area contributed by atoms with Crippen LogP contribution in [0.2, 0.25) is 0 Å². The van der Waals surface area contributed by atoms with Gasteiger partial charge in [-0.25, -0.2) is 4.79 Å². The highest BCUT2D eigenvalue weighted by atomic mass is 16.6. The maximum absolute atomic E-state index is 11.7. The average molecular weight is 206 g/mol. The van der Waals surface area contributed by atoms with Gasteiger partial charge < -0.3 is 9.84 Å². The predicted molar refractivity (Wildman–Crippen MR) is 51.8 cm³/mol. The Labute approximate surface area is 86.5 Å². The zero-order valence-electron chi connectivity index (χ0n) is 8.24. The first-order valence-electron chi connectivity index (χ1n) is 4.52. The molecule has 1 aliphatic heterocycles. The topological polar surface area (TPSA) is 63.6 Å². The fraction of sp³-hybridized carbons (Fsp3) is 0.273.